The summed E-state index contributed by atoms with van der Waals surface area (Å²) < 4.78 is 0. The van der Waals surface area contributed by atoms with Crippen molar-refractivity contribution >= 4 is 0 Å². The molecule has 0 aliphatic rings. The van der Waals surface area contributed by atoms with Crippen molar-refractivity contribution in [2.75, 3.05) is 0 Å². The van der Waals surface area contributed by atoms with Gasteiger partial charge >= 0.3 is 0 Å². The molecule has 0 N–H and O–H groups in total. The molecular formula is C10H15N. The normalized spacial score (nSPS) is 12.5. The van der Waals surface area contributed by atoms with E-state index in [1.54, 1.807) is 6.08 Å². The second-order valence-electron chi connectivity index (χ2n) is 3.05. The Balaban J connectivity index is 3.76. The minimum Gasteiger partial charge on any atom is -0.193 e. The van der Waals surface area contributed by atoms with Crippen molar-refractivity contribution in [1.82, 2.24) is 0 Å². The third-order valence-electron chi connectivity index (χ3n) is 1.28. The molecule has 0 aliphatic carbocycles. The minimum absolute atomic E-state index is 0.695. The predicted octanol–water partition coefficient (Wildman–Crippen LogP) is 3.06. The van der Waals surface area contributed by atoms with Gasteiger partial charge in [-0.3, -0.25) is 0 Å². The average molecular weight is 149 g/mol. The molecule has 0 aromatic heterocycles. The number of hydrogen-bond donors (Lipinski definition) is 0. The number of rotatable bonds is 3. The van der Waals surface area contributed by atoms with Gasteiger partial charge in [0.15, 0.2) is 0 Å². The van der Waals surface area contributed by atoms with Crippen molar-refractivity contribution in [1.29, 1.82) is 5.26 Å². The van der Waals surface area contributed by atoms with E-state index in [4.69, 9.17) is 5.26 Å². The summed E-state index contributed by atoms with van der Waals surface area (Å²) >= 11 is 0. The highest BCUT2D eigenvalue weighted by Crippen LogP contribution is 2.02. The van der Waals surface area contributed by atoms with Gasteiger partial charge in [-0.2, -0.15) is 5.26 Å². The predicted molar refractivity (Wildman–Crippen MR) is 48.0 cm³/mol. The van der Waals surface area contributed by atoms with E-state index in [0.29, 0.717) is 5.92 Å². The molecule has 0 radical (unpaired) electrons. The average Bonchev–Trinajstić information content (AvgIpc) is 1.87. The molecule has 0 saturated carbocycles. The van der Waals surface area contributed by atoms with E-state index in [9.17, 15) is 0 Å². The van der Waals surface area contributed by atoms with Crippen molar-refractivity contribution in [3.05, 3.63) is 23.8 Å². The molecule has 1 heteroatoms. The van der Waals surface area contributed by atoms with Crippen molar-refractivity contribution in [3.8, 4) is 6.07 Å². The number of nitriles is 1. The maximum atomic E-state index is 8.28. The Morgan fingerprint density at radius 3 is 2.64 bits per heavy atom. The largest absolute Gasteiger partial charge is 0.193 e. The summed E-state index contributed by atoms with van der Waals surface area (Å²) in [7, 11) is 0. The van der Waals surface area contributed by atoms with Crippen LogP contribution < -0.4 is 0 Å². The topological polar surface area (TPSA) is 23.8 Å². The zero-order valence-electron chi connectivity index (χ0n) is 7.46. The van der Waals surface area contributed by atoms with Gasteiger partial charge in [0.25, 0.3) is 0 Å². The first-order chi connectivity index (χ1) is 5.16. The Morgan fingerprint density at radius 1 is 1.55 bits per heavy atom. The van der Waals surface area contributed by atoms with Crippen LogP contribution >= 0.6 is 0 Å². The summed E-state index contributed by atoms with van der Waals surface area (Å²) in [5, 5.41) is 8.28. The van der Waals surface area contributed by atoms with Gasteiger partial charge in [-0.1, -0.05) is 26.0 Å². The van der Waals surface area contributed by atoms with Crippen LogP contribution in [0, 0.1) is 17.2 Å². The van der Waals surface area contributed by atoms with Crippen LogP contribution in [-0.4, -0.2) is 0 Å². The number of hydrogen-bond acceptors (Lipinski definition) is 1. The fourth-order valence-corrected chi connectivity index (χ4v) is 0.676. The van der Waals surface area contributed by atoms with Crippen LogP contribution in [-0.2, 0) is 0 Å². The highest BCUT2D eigenvalue weighted by atomic mass is 14.2. The molecule has 0 bridgehead atoms. The summed E-state index contributed by atoms with van der Waals surface area (Å²) in [6.45, 7) is 6.28. The number of nitrogens with zero attached hydrogens (tertiary/aromatic N) is 1. The Kier molecular flexibility index (Phi) is 5.20. The van der Waals surface area contributed by atoms with Crippen LogP contribution in [0.2, 0.25) is 0 Å². The summed E-state index contributed by atoms with van der Waals surface area (Å²) in [4.78, 5) is 0. The molecule has 0 rings (SSSR count). The van der Waals surface area contributed by atoms with E-state index in [0.717, 1.165) is 12.0 Å². The van der Waals surface area contributed by atoms with E-state index in [-0.39, 0.29) is 0 Å². The minimum atomic E-state index is 0.695. The molecule has 0 aliphatic heterocycles. The Bertz CT molecular complexity index is 191. The van der Waals surface area contributed by atoms with E-state index in [2.05, 4.69) is 19.9 Å². The lowest BCUT2D eigenvalue weighted by atomic mass is 10.1. The maximum Gasteiger partial charge on any atom is 0.0914 e. The summed E-state index contributed by atoms with van der Waals surface area (Å²) in [5.41, 5.74) is 1.02. The summed E-state index contributed by atoms with van der Waals surface area (Å²) in [6, 6.07) is 1.99. The van der Waals surface area contributed by atoms with E-state index in [1.807, 2.05) is 19.1 Å². The lowest BCUT2D eigenvalue weighted by Crippen LogP contribution is -1.81. The van der Waals surface area contributed by atoms with Gasteiger partial charge in [0.1, 0.15) is 0 Å². The van der Waals surface area contributed by atoms with E-state index in [1.165, 1.54) is 0 Å². The van der Waals surface area contributed by atoms with Gasteiger partial charge in [0.05, 0.1) is 6.07 Å². The monoisotopic (exact) mass is 149 g/mol. The molecule has 1 nitrogen and oxygen atoms in total. The number of allylic oxidation sites excluding steroid dienone is 4. The smallest absolute Gasteiger partial charge is 0.0914 e. The summed E-state index contributed by atoms with van der Waals surface area (Å²) in [6.07, 6.45) is 6.73. The lowest BCUT2D eigenvalue weighted by molar-refractivity contribution is 0.663. The van der Waals surface area contributed by atoms with Gasteiger partial charge in [-0.25, -0.2) is 0 Å². The molecule has 0 fully saturated rings. The van der Waals surface area contributed by atoms with Crippen LogP contribution in [0.25, 0.3) is 0 Å². The Labute approximate surface area is 69.0 Å². The molecule has 0 atom stereocenters. The van der Waals surface area contributed by atoms with E-state index < -0.39 is 0 Å². The van der Waals surface area contributed by atoms with Crippen molar-refractivity contribution < 1.29 is 0 Å². The van der Waals surface area contributed by atoms with Crippen LogP contribution in [0.1, 0.15) is 27.2 Å². The molecule has 0 heterocycles. The van der Waals surface area contributed by atoms with Crippen molar-refractivity contribution in [2.24, 2.45) is 5.92 Å². The standard InChI is InChI=1S/C10H15N/c1-9(2)5-4-6-10(3)7-8-11/h4,6-7,9H,5H2,1-3H3/b6-4+,10-7+. The van der Waals surface area contributed by atoms with Crippen molar-refractivity contribution in [2.45, 2.75) is 27.2 Å². The second kappa shape index (κ2) is 5.73. The van der Waals surface area contributed by atoms with Gasteiger partial charge < -0.3 is 0 Å². The fourth-order valence-electron chi connectivity index (χ4n) is 0.676. The highest BCUT2D eigenvalue weighted by Gasteiger charge is 1.86. The Hall–Kier alpha value is -1.03. The second-order valence-corrected chi connectivity index (χ2v) is 3.05. The molecule has 60 valence electrons. The first-order valence-electron chi connectivity index (χ1n) is 3.89. The van der Waals surface area contributed by atoms with E-state index >= 15 is 0 Å². The molecular weight excluding hydrogens is 134 g/mol. The zero-order chi connectivity index (χ0) is 8.69. The van der Waals surface area contributed by atoms with Gasteiger partial charge in [0.2, 0.25) is 0 Å². The van der Waals surface area contributed by atoms with Crippen LogP contribution in [0.4, 0.5) is 0 Å². The molecule has 0 aromatic carbocycles. The summed E-state index contributed by atoms with van der Waals surface area (Å²) in [5.74, 6) is 0.695. The SMILES string of the molecule is CC(/C=C/CC(C)C)=C\C#N. The van der Waals surface area contributed by atoms with Crippen molar-refractivity contribution in [3.63, 3.8) is 0 Å². The van der Waals surface area contributed by atoms with Crippen LogP contribution in [0.3, 0.4) is 0 Å². The van der Waals surface area contributed by atoms with Crippen LogP contribution in [0.15, 0.2) is 23.8 Å². The molecule has 0 unspecified atom stereocenters. The highest BCUT2D eigenvalue weighted by molar-refractivity contribution is 5.22. The molecule has 11 heavy (non-hydrogen) atoms. The molecule has 0 saturated heterocycles. The lowest BCUT2D eigenvalue weighted by Gasteiger charge is -1.95. The fraction of sp³-hybridized carbons (Fsp3) is 0.500. The zero-order valence-corrected chi connectivity index (χ0v) is 7.46. The first-order valence-corrected chi connectivity index (χ1v) is 3.89. The third kappa shape index (κ3) is 6.86. The molecule has 0 aromatic rings. The molecule has 0 amide bonds. The Morgan fingerprint density at radius 2 is 2.18 bits per heavy atom. The van der Waals surface area contributed by atoms with Gasteiger partial charge in [-0.15, -0.1) is 0 Å². The van der Waals surface area contributed by atoms with Gasteiger partial charge in [-0.05, 0) is 24.8 Å². The third-order valence-corrected chi connectivity index (χ3v) is 1.28. The maximum absolute atomic E-state index is 8.28. The quantitative estimate of drug-likeness (QED) is 0.447. The van der Waals surface area contributed by atoms with Gasteiger partial charge in [0, 0.05) is 6.08 Å². The first kappa shape index (κ1) is 9.97. The van der Waals surface area contributed by atoms with Crippen LogP contribution in [0.5, 0.6) is 0 Å². The molecule has 0 spiro atoms.